The van der Waals surface area contributed by atoms with E-state index in [4.69, 9.17) is 5.73 Å². The molecular formula is C17H19BrN2O. The Morgan fingerprint density at radius 2 is 1.52 bits per heavy atom. The minimum absolute atomic E-state index is 0.0309. The van der Waals surface area contributed by atoms with Gasteiger partial charge in [0.1, 0.15) is 0 Å². The number of benzene rings is 2. The molecule has 0 saturated carbocycles. The predicted octanol–water partition coefficient (Wildman–Crippen LogP) is 2.81. The van der Waals surface area contributed by atoms with Crippen LogP contribution in [0.4, 0.5) is 0 Å². The van der Waals surface area contributed by atoms with Crippen molar-refractivity contribution in [1.82, 2.24) is 5.32 Å². The summed E-state index contributed by atoms with van der Waals surface area (Å²) in [5.74, 6) is 0.0309. The van der Waals surface area contributed by atoms with E-state index >= 15 is 0 Å². The van der Waals surface area contributed by atoms with Crippen LogP contribution < -0.4 is 11.1 Å². The highest BCUT2D eigenvalue weighted by Crippen LogP contribution is 2.11. The van der Waals surface area contributed by atoms with Crippen LogP contribution in [-0.2, 0) is 24.2 Å². The van der Waals surface area contributed by atoms with Crippen LogP contribution in [0.15, 0.2) is 53.0 Å². The lowest BCUT2D eigenvalue weighted by Gasteiger charge is -2.07. The van der Waals surface area contributed by atoms with Gasteiger partial charge in [-0.25, -0.2) is 0 Å². The smallest absolute Gasteiger partial charge is 0.224 e. The monoisotopic (exact) mass is 346 g/mol. The summed E-state index contributed by atoms with van der Waals surface area (Å²) in [7, 11) is 0. The van der Waals surface area contributed by atoms with Gasteiger partial charge >= 0.3 is 0 Å². The molecule has 110 valence electrons. The number of halogens is 1. The molecule has 2 aromatic carbocycles. The van der Waals surface area contributed by atoms with E-state index in [1.165, 1.54) is 5.56 Å². The van der Waals surface area contributed by atoms with Crippen molar-refractivity contribution in [3.05, 3.63) is 69.7 Å². The Hall–Kier alpha value is -1.65. The maximum Gasteiger partial charge on any atom is 0.224 e. The molecule has 3 N–H and O–H groups in total. The number of nitrogens with two attached hydrogens (primary N) is 1. The summed E-state index contributed by atoms with van der Waals surface area (Å²) in [6, 6.07) is 16.0. The van der Waals surface area contributed by atoms with Crippen LogP contribution >= 0.6 is 15.9 Å². The van der Waals surface area contributed by atoms with E-state index < -0.39 is 0 Å². The number of amides is 1. The van der Waals surface area contributed by atoms with Gasteiger partial charge in [-0.2, -0.15) is 0 Å². The predicted molar refractivity (Wildman–Crippen MR) is 88.9 cm³/mol. The Balaban J connectivity index is 1.81. The highest BCUT2D eigenvalue weighted by Gasteiger charge is 2.03. The van der Waals surface area contributed by atoms with Gasteiger partial charge in [0.15, 0.2) is 0 Å². The summed E-state index contributed by atoms with van der Waals surface area (Å²) in [6.45, 7) is 1.21. The van der Waals surface area contributed by atoms with Crippen LogP contribution in [0.1, 0.15) is 16.7 Å². The van der Waals surface area contributed by atoms with Crippen molar-refractivity contribution >= 4 is 21.8 Å². The van der Waals surface area contributed by atoms with Gasteiger partial charge in [0, 0.05) is 11.0 Å². The third-order valence-corrected chi connectivity index (χ3v) is 3.75. The maximum absolute atomic E-state index is 11.9. The van der Waals surface area contributed by atoms with Gasteiger partial charge in [-0.3, -0.25) is 4.79 Å². The second kappa shape index (κ2) is 7.96. The van der Waals surface area contributed by atoms with E-state index in [-0.39, 0.29) is 5.91 Å². The number of hydrogen-bond donors (Lipinski definition) is 2. The summed E-state index contributed by atoms with van der Waals surface area (Å²) < 4.78 is 1.02. The lowest BCUT2D eigenvalue weighted by Crippen LogP contribution is -2.24. The van der Waals surface area contributed by atoms with Crippen molar-refractivity contribution in [3.63, 3.8) is 0 Å². The zero-order valence-electron chi connectivity index (χ0n) is 11.8. The minimum Gasteiger partial charge on any atom is -0.352 e. The van der Waals surface area contributed by atoms with E-state index in [9.17, 15) is 4.79 Å². The van der Waals surface area contributed by atoms with Crippen molar-refractivity contribution in [1.29, 1.82) is 0 Å². The number of hydrogen-bond acceptors (Lipinski definition) is 2. The molecule has 0 aliphatic heterocycles. The topological polar surface area (TPSA) is 55.1 Å². The Morgan fingerprint density at radius 3 is 2.14 bits per heavy atom. The molecule has 0 spiro atoms. The van der Waals surface area contributed by atoms with Crippen molar-refractivity contribution in [2.75, 3.05) is 6.54 Å². The molecule has 0 unspecified atom stereocenters. The molecule has 1 amide bonds. The molecule has 2 rings (SSSR count). The van der Waals surface area contributed by atoms with E-state index in [1.807, 2.05) is 36.4 Å². The van der Waals surface area contributed by atoms with Crippen LogP contribution in [0.25, 0.3) is 0 Å². The van der Waals surface area contributed by atoms with E-state index in [1.54, 1.807) is 0 Å². The molecule has 0 saturated heterocycles. The Morgan fingerprint density at radius 1 is 0.952 bits per heavy atom. The second-order valence-corrected chi connectivity index (χ2v) is 5.85. The number of rotatable bonds is 6. The van der Waals surface area contributed by atoms with Gasteiger partial charge in [0.25, 0.3) is 0 Å². The Kier molecular flexibility index (Phi) is 5.96. The molecule has 0 aromatic heterocycles. The molecule has 0 radical (unpaired) electrons. The molecule has 2 aromatic rings. The first-order valence-corrected chi connectivity index (χ1v) is 7.75. The van der Waals surface area contributed by atoms with Gasteiger partial charge < -0.3 is 11.1 Å². The minimum atomic E-state index is 0.0309. The molecule has 0 bridgehead atoms. The third-order valence-electron chi connectivity index (χ3n) is 3.22. The van der Waals surface area contributed by atoms with Crippen LogP contribution in [0.5, 0.6) is 0 Å². The molecule has 0 heterocycles. The van der Waals surface area contributed by atoms with Gasteiger partial charge in [-0.1, -0.05) is 52.3 Å². The fourth-order valence-corrected chi connectivity index (χ4v) is 2.31. The van der Waals surface area contributed by atoms with Crippen LogP contribution in [-0.4, -0.2) is 12.5 Å². The van der Waals surface area contributed by atoms with Gasteiger partial charge in [-0.15, -0.1) is 0 Å². The van der Waals surface area contributed by atoms with Crippen molar-refractivity contribution in [2.24, 2.45) is 5.73 Å². The van der Waals surface area contributed by atoms with E-state index in [2.05, 4.69) is 33.4 Å². The maximum atomic E-state index is 11.9. The molecule has 0 aliphatic carbocycles. The Bertz CT molecular complexity index is 579. The molecule has 0 atom stereocenters. The quantitative estimate of drug-likeness (QED) is 0.844. The fraction of sp³-hybridized carbons (Fsp3) is 0.235. The van der Waals surface area contributed by atoms with Gasteiger partial charge in [0.05, 0.1) is 6.42 Å². The SMILES string of the molecule is NCCc1ccc(CNC(=O)Cc2ccc(Br)cc2)cc1. The lowest BCUT2D eigenvalue weighted by molar-refractivity contribution is -0.120. The average Bonchev–Trinajstić information content (AvgIpc) is 2.49. The standard InChI is InChI=1S/C17H19BrN2O/c18-16-7-5-14(6-8-16)11-17(21)20-12-15-3-1-13(2-4-15)9-10-19/h1-8H,9-12,19H2,(H,20,21). The molecule has 0 fully saturated rings. The third kappa shape index (κ3) is 5.33. The van der Waals surface area contributed by atoms with Crippen LogP contribution in [0.3, 0.4) is 0 Å². The summed E-state index contributed by atoms with van der Waals surface area (Å²) in [6.07, 6.45) is 1.29. The molecule has 0 aliphatic rings. The van der Waals surface area contributed by atoms with E-state index in [0.29, 0.717) is 19.5 Å². The van der Waals surface area contributed by atoms with Crippen molar-refractivity contribution in [3.8, 4) is 0 Å². The fourth-order valence-electron chi connectivity index (χ4n) is 2.04. The number of carbonyl (C=O) groups is 1. The van der Waals surface area contributed by atoms with Crippen molar-refractivity contribution < 1.29 is 4.79 Å². The van der Waals surface area contributed by atoms with Crippen LogP contribution in [0, 0.1) is 0 Å². The van der Waals surface area contributed by atoms with Crippen molar-refractivity contribution in [2.45, 2.75) is 19.4 Å². The zero-order valence-corrected chi connectivity index (χ0v) is 13.4. The van der Waals surface area contributed by atoms with E-state index in [0.717, 1.165) is 22.0 Å². The second-order valence-electron chi connectivity index (χ2n) is 4.94. The summed E-state index contributed by atoms with van der Waals surface area (Å²) in [4.78, 5) is 11.9. The molecule has 4 heteroatoms. The zero-order chi connectivity index (χ0) is 15.1. The number of carbonyl (C=O) groups excluding carboxylic acids is 1. The largest absolute Gasteiger partial charge is 0.352 e. The molecule has 3 nitrogen and oxygen atoms in total. The normalized spacial score (nSPS) is 10.4. The van der Waals surface area contributed by atoms with Gasteiger partial charge in [-0.05, 0) is 41.8 Å². The van der Waals surface area contributed by atoms with Gasteiger partial charge in [0.2, 0.25) is 5.91 Å². The highest BCUT2D eigenvalue weighted by atomic mass is 79.9. The molecule has 21 heavy (non-hydrogen) atoms. The summed E-state index contributed by atoms with van der Waals surface area (Å²) in [5, 5.41) is 2.94. The first kappa shape index (κ1) is 15.7. The first-order valence-electron chi connectivity index (χ1n) is 6.96. The van der Waals surface area contributed by atoms with Crippen LogP contribution in [0.2, 0.25) is 0 Å². The molecular weight excluding hydrogens is 328 g/mol. The average molecular weight is 347 g/mol. The first-order chi connectivity index (χ1) is 10.2. The Labute approximate surface area is 133 Å². The lowest BCUT2D eigenvalue weighted by atomic mass is 10.1. The summed E-state index contributed by atoms with van der Waals surface area (Å²) in [5.41, 5.74) is 8.85. The summed E-state index contributed by atoms with van der Waals surface area (Å²) >= 11 is 3.38. The number of nitrogens with one attached hydrogen (secondary N) is 1. The highest BCUT2D eigenvalue weighted by molar-refractivity contribution is 9.10.